The van der Waals surface area contributed by atoms with Gasteiger partial charge in [0.25, 0.3) is 5.56 Å². The van der Waals surface area contributed by atoms with Gasteiger partial charge in [-0.3, -0.25) is 14.4 Å². The molecule has 0 atom stereocenters. The summed E-state index contributed by atoms with van der Waals surface area (Å²) in [5.74, 6) is -0.861. The van der Waals surface area contributed by atoms with Crippen LogP contribution in [0.5, 0.6) is 0 Å². The maximum absolute atomic E-state index is 14.2. The fourth-order valence-corrected chi connectivity index (χ4v) is 3.94. The summed E-state index contributed by atoms with van der Waals surface area (Å²) < 4.78 is 17.2. The zero-order valence-corrected chi connectivity index (χ0v) is 18.6. The molecule has 33 heavy (non-hydrogen) atoms. The monoisotopic (exact) mass is 446 g/mol. The molecule has 4 rings (SSSR count). The third kappa shape index (κ3) is 4.32. The predicted octanol–water partition coefficient (Wildman–Crippen LogP) is 3.84. The van der Waals surface area contributed by atoms with E-state index >= 15 is 0 Å². The summed E-state index contributed by atoms with van der Waals surface area (Å²) in [5.41, 5.74) is 2.55. The molecule has 0 spiro atoms. The van der Waals surface area contributed by atoms with Crippen LogP contribution in [-0.4, -0.2) is 26.0 Å². The van der Waals surface area contributed by atoms with E-state index < -0.39 is 11.5 Å². The van der Waals surface area contributed by atoms with Crippen LogP contribution in [0.1, 0.15) is 34.2 Å². The van der Waals surface area contributed by atoms with Crippen molar-refractivity contribution in [2.75, 3.05) is 5.32 Å². The van der Waals surface area contributed by atoms with Crippen LogP contribution in [0.25, 0.3) is 10.8 Å². The SMILES string of the molecule is CC(=O)c1cccc(NC(=O)Cn2ncc3c(C)n(Cc4ccccc4F)c(C)c3c2=O)c1. The molecular weight excluding hydrogens is 423 g/mol. The van der Waals surface area contributed by atoms with Crippen LogP contribution in [0, 0.1) is 19.7 Å². The van der Waals surface area contributed by atoms with Crippen LogP contribution in [0.15, 0.2) is 59.5 Å². The summed E-state index contributed by atoms with van der Waals surface area (Å²) in [5, 5.41) is 7.98. The van der Waals surface area contributed by atoms with Crippen molar-refractivity contribution in [1.29, 1.82) is 0 Å². The second-order valence-electron chi connectivity index (χ2n) is 7.93. The predicted molar refractivity (Wildman–Crippen MR) is 124 cm³/mol. The molecular formula is C25H23FN4O3. The number of fused-ring (bicyclic) bond motifs is 1. The molecule has 4 aromatic rings. The van der Waals surface area contributed by atoms with Gasteiger partial charge in [-0.1, -0.05) is 30.3 Å². The average Bonchev–Trinajstić information content (AvgIpc) is 3.02. The second kappa shape index (κ2) is 8.82. The topological polar surface area (TPSA) is 86.0 Å². The summed E-state index contributed by atoms with van der Waals surface area (Å²) in [4.78, 5) is 37.2. The Labute approximate surface area is 189 Å². The van der Waals surface area contributed by atoms with Gasteiger partial charge >= 0.3 is 0 Å². The van der Waals surface area contributed by atoms with E-state index in [1.54, 1.807) is 55.6 Å². The standard InChI is InChI=1S/C25H23FN4O3/c1-15-21-12-27-30(14-23(32)28-20-9-6-8-18(11-20)17(3)31)25(33)24(21)16(2)29(15)13-19-7-4-5-10-22(19)26/h4-12H,13-14H2,1-3H3,(H,28,32). The quantitative estimate of drug-likeness (QED) is 0.456. The Balaban J connectivity index is 1.63. The van der Waals surface area contributed by atoms with E-state index in [0.29, 0.717) is 33.3 Å². The summed E-state index contributed by atoms with van der Waals surface area (Å²) in [6, 6.07) is 13.1. The van der Waals surface area contributed by atoms with Gasteiger partial charge < -0.3 is 9.88 Å². The molecule has 8 heteroatoms. The molecule has 0 aliphatic heterocycles. The van der Waals surface area contributed by atoms with E-state index in [9.17, 15) is 18.8 Å². The van der Waals surface area contributed by atoms with Gasteiger partial charge in [-0.15, -0.1) is 0 Å². The molecule has 0 saturated heterocycles. The van der Waals surface area contributed by atoms with Crippen LogP contribution >= 0.6 is 0 Å². The molecule has 0 fully saturated rings. The van der Waals surface area contributed by atoms with Gasteiger partial charge in [-0.05, 0) is 39.0 Å². The van der Waals surface area contributed by atoms with Crippen molar-refractivity contribution in [2.45, 2.75) is 33.9 Å². The van der Waals surface area contributed by atoms with Crippen LogP contribution in [0.2, 0.25) is 0 Å². The van der Waals surface area contributed by atoms with Crippen molar-refractivity contribution in [2.24, 2.45) is 0 Å². The Kier molecular flexibility index (Phi) is 5.91. The fraction of sp³-hybridized carbons (Fsp3) is 0.200. The zero-order chi connectivity index (χ0) is 23.7. The molecule has 0 radical (unpaired) electrons. The van der Waals surface area contributed by atoms with E-state index in [4.69, 9.17) is 0 Å². The van der Waals surface area contributed by atoms with Gasteiger partial charge in [0.05, 0.1) is 18.1 Å². The Bertz CT molecular complexity index is 1450. The van der Waals surface area contributed by atoms with Crippen molar-refractivity contribution >= 4 is 28.2 Å². The van der Waals surface area contributed by atoms with Crippen molar-refractivity contribution in [3.05, 3.63) is 93.4 Å². The second-order valence-corrected chi connectivity index (χ2v) is 7.93. The van der Waals surface area contributed by atoms with Crippen molar-refractivity contribution < 1.29 is 14.0 Å². The number of hydrogen-bond donors (Lipinski definition) is 1. The lowest BCUT2D eigenvalue weighted by Crippen LogP contribution is -2.29. The molecule has 2 aromatic carbocycles. The minimum atomic E-state index is -0.440. The summed E-state index contributed by atoms with van der Waals surface area (Å²) in [7, 11) is 0. The average molecular weight is 446 g/mol. The molecule has 2 heterocycles. The third-order valence-electron chi connectivity index (χ3n) is 5.74. The van der Waals surface area contributed by atoms with Crippen molar-refractivity contribution in [3.8, 4) is 0 Å². The number of nitrogens with zero attached hydrogens (tertiary/aromatic N) is 3. The number of halogens is 1. The molecule has 1 amide bonds. The van der Waals surface area contributed by atoms with E-state index in [2.05, 4.69) is 10.4 Å². The molecule has 7 nitrogen and oxygen atoms in total. The molecule has 168 valence electrons. The molecule has 0 aliphatic rings. The number of anilines is 1. The first kappa shape index (κ1) is 22.1. The highest BCUT2D eigenvalue weighted by Crippen LogP contribution is 2.23. The summed E-state index contributed by atoms with van der Waals surface area (Å²) >= 11 is 0. The van der Waals surface area contributed by atoms with Crippen molar-refractivity contribution in [3.63, 3.8) is 0 Å². The first-order valence-corrected chi connectivity index (χ1v) is 10.5. The number of nitrogens with one attached hydrogen (secondary N) is 1. The van der Waals surface area contributed by atoms with E-state index in [0.717, 1.165) is 10.4 Å². The number of Topliss-reactive ketones (excluding diaryl/α,β-unsaturated/α-hetero) is 1. The maximum Gasteiger partial charge on any atom is 0.276 e. The highest BCUT2D eigenvalue weighted by atomic mass is 19.1. The number of hydrogen-bond acceptors (Lipinski definition) is 4. The molecule has 2 aromatic heterocycles. The van der Waals surface area contributed by atoms with Crippen LogP contribution in [-0.2, 0) is 17.9 Å². The number of ketones is 1. The van der Waals surface area contributed by atoms with Gasteiger partial charge in [-0.2, -0.15) is 5.10 Å². The largest absolute Gasteiger partial charge is 0.343 e. The van der Waals surface area contributed by atoms with Gasteiger partial charge in [-0.25, -0.2) is 9.07 Å². The normalized spacial score (nSPS) is 11.0. The van der Waals surface area contributed by atoms with E-state index in [1.165, 1.54) is 13.0 Å². The molecule has 0 unspecified atom stereocenters. The number of carbonyl (C=O) groups excluding carboxylic acids is 2. The Morgan fingerprint density at radius 2 is 1.82 bits per heavy atom. The maximum atomic E-state index is 14.2. The first-order chi connectivity index (χ1) is 15.8. The molecule has 0 bridgehead atoms. The van der Waals surface area contributed by atoms with Crippen LogP contribution in [0.3, 0.4) is 0 Å². The summed E-state index contributed by atoms with van der Waals surface area (Å²) in [6.45, 7) is 5.11. The van der Waals surface area contributed by atoms with Gasteiger partial charge in [0, 0.05) is 33.6 Å². The number of benzene rings is 2. The number of carbonyl (C=O) groups is 2. The summed E-state index contributed by atoms with van der Waals surface area (Å²) in [6.07, 6.45) is 1.56. The molecule has 1 N–H and O–H groups in total. The zero-order valence-electron chi connectivity index (χ0n) is 18.6. The van der Waals surface area contributed by atoms with Gasteiger partial charge in [0.2, 0.25) is 5.91 Å². The number of rotatable bonds is 6. The molecule has 0 aliphatic carbocycles. The number of amides is 1. The van der Waals surface area contributed by atoms with E-state index in [1.807, 2.05) is 11.5 Å². The lowest BCUT2D eigenvalue weighted by Gasteiger charge is -2.10. The smallest absolute Gasteiger partial charge is 0.276 e. The van der Waals surface area contributed by atoms with Gasteiger partial charge in [0.1, 0.15) is 12.4 Å². The third-order valence-corrected chi connectivity index (χ3v) is 5.74. The Morgan fingerprint density at radius 3 is 2.55 bits per heavy atom. The lowest BCUT2D eigenvalue weighted by molar-refractivity contribution is -0.117. The number of aryl methyl sites for hydroxylation is 2. The number of aromatic nitrogens is 3. The van der Waals surface area contributed by atoms with Crippen LogP contribution < -0.4 is 10.9 Å². The Hall–Kier alpha value is -4.07. The lowest BCUT2D eigenvalue weighted by atomic mass is 10.1. The van der Waals surface area contributed by atoms with Crippen LogP contribution in [0.4, 0.5) is 10.1 Å². The molecule has 0 saturated carbocycles. The van der Waals surface area contributed by atoms with E-state index in [-0.39, 0.29) is 24.7 Å². The van der Waals surface area contributed by atoms with Crippen molar-refractivity contribution in [1.82, 2.24) is 14.3 Å². The minimum absolute atomic E-state index is 0.111. The highest BCUT2D eigenvalue weighted by Gasteiger charge is 2.18. The highest BCUT2D eigenvalue weighted by molar-refractivity contribution is 5.97. The first-order valence-electron chi connectivity index (χ1n) is 10.5. The fourth-order valence-electron chi connectivity index (χ4n) is 3.94. The van der Waals surface area contributed by atoms with Gasteiger partial charge in [0.15, 0.2) is 5.78 Å². The minimum Gasteiger partial charge on any atom is -0.343 e. The Morgan fingerprint density at radius 1 is 1.06 bits per heavy atom.